The number of carbonyl (C=O) groups is 1. The fourth-order valence-corrected chi connectivity index (χ4v) is 2.84. The first-order valence-corrected chi connectivity index (χ1v) is 6.46. The highest BCUT2D eigenvalue weighted by Crippen LogP contribution is 2.33. The molecule has 1 N–H and O–H groups in total. The van der Waals surface area contributed by atoms with Crippen molar-refractivity contribution < 1.29 is 9.90 Å². The standard InChI is InChI=1S/C10H4Cl2N4O2S/c11-4-3-5(12)9(8-7(4)14-19-15-8)16-2-1-6(13-16)10(17)18/h1-3H,(H,17,18). The molecule has 1 aromatic carbocycles. The largest absolute Gasteiger partial charge is 0.476 e. The van der Waals surface area contributed by atoms with Gasteiger partial charge in [-0.15, -0.1) is 0 Å². The van der Waals surface area contributed by atoms with Crippen molar-refractivity contribution in [2.24, 2.45) is 0 Å². The molecule has 0 radical (unpaired) electrons. The number of benzene rings is 1. The predicted molar refractivity (Wildman–Crippen MR) is 71.5 cm³/mol. The van der Waals surface area contributed by atoms with E-state index in [4.69, 9.17) is 28.3 Å². The first-order valence-electron chi connectivity index (χ1n) is 4.97. The van der Waals surface area contributed by atoms with Crippen molar-refractivity contribution in [2.75, 3.05) is 0 Å². The maximum atomic E-state index is 10.8. The highest BCUT2D eigenvalue weighted by atomic mass is 35.5. The zero-order chi connectivity index (χ0) is 13.6. The molecular formula is C10H4Cl2N4O2S. The van der Waals surface area contributed by atoms with Crippen LogP contribution in [0.25, 0.3) is 16.7 Å². The van der Waals surface area contributed by atoms with E-state index in [9.17, 15) is 4.79 Å². The van der Waals surface area contributed by atoms with Crippen molar-refractivity contribution in [1.82, 2.24) is 18.5 Å². The van der Waals surface area contributed by atoms with Crippen LogP contribution < -0.4 is 0 Å². The fraction of sp³-hybridized carbons (Fsp3) is 0. The first-order chi connectivity index (χ1) is 9.08. The fourth-order valence-electron chi connectivity index (χ4n) is 1.64. The van der Waals surface area contributed by atoms with Gasteiger partial charge in [-0.2, -0.15) is 13.8 Å². The Hall–Kier alpha value is -1.70. The number of fused-ring (bicyclic) bond motifs is 1. The summed E-state index contributed by atoms with van der Waals surface area (Å²) in [5.41, 5.74) is 1.38. The summed E-state index contributed by atoms with van der Waals surface area (Å²) in [6.07, 6.45) is 1.50. The Bertz CT molecular complexity index is 798. The smallest absolute Gasteiger partial charge is 0.356 e. The lowest BCUT2D eigenvalue weighted by molar-refractivity contribution is 0.0690. The summed E-state index contributed by atoms with van der Waals surface area (Å²) in [5.74, 6) is -1.11. The van der Waals surface area contributed by atoms with Crippen LogP contribution in [-0.4, -0.2) is 29.6 Å². The number of nitrogens with zero attached hydrogens (tertiary/aromatic N) is 4. The Kier molecular flexibility index (Phi) is 2.89. The molecule has 2 heterocycles. The van der Waals surface area contributed by atoms with Gasteiger partial charge in [-0.05, 0) is 12.1 Å². The molecule has 19 heavy (non-hydrogen) atoms. The molecule has 96 valence electrons. The number of aromatic carboxylic acids is 1. The topological polar surface area (TPSA) is 80.9 Å². The van der Waals surface area contributed by atoms with E-state index < -0.39 is 5.97 Å². The number of hydrogen-bond acceptors (Lipinski definition) is 5. The second-order valence-electron chi connectivity index (χ2n) is 3.60. The molecule has 6 nitrogen and oxygen atoms in total. The number of aromatic nitrogens is 4. The van der Waals surface area contributed by atoms with Crippen LogP contribution >= 0.6 is 34.9 Å². The third kappa shape index (κ3) is 1.95. The quantitative estimate of drug-likeness (QED) is 0.786. The summed E-state index contributed by atoms with van der Waals surface area (Å²) in [7, 11) is 0. The summed E-state index contributed by atoms with van der Waals surface area (Å²) in [6.45, 7) is 0. The Morgan fingerprint density at radius 3 is 2.68 bits per heavy atom. The molecule has 0 aliphatic heterocycles. The van der Waals surface area contributed by atoms with Crippen LogP contribution in [0.1, 0.15) is 10.5 Å². The van der Waals surface area contributed by atoms with Gasteiger partial charge >= 0.3 is 5.97 Å². The molecule has 3 rings (SSSR count). The van der Waals surface area contributed by atoms with E-state index in [1.54, 1.807) is 0 Å². The monoisotopic (exact) mass is 314 g/mol. The van der Waals surface area contributed by atoms with Crippen LogP contribution in [0.5, 0.6) is 0 Å². The SMILES string of the molecule is O=C(O)c1ccn(-c2c(Cl)cc(Cl)c3nsnc23)n1. The molecular weight excluding hydrogens is 311 g/mol. The Labute approximate surface area is 120 Å². The minimum absolute atomic E-state index is 0.0812. The van der Waals surface area contributed by atoms with E-state index in [1.165, 1.54) is 23.0 Å². The van der Waals surface area contributed by atoms with Crippen LogP contribution in [0.2, 0.25) is 10.0 Å². The van der Waals surface area contributed by atoms with Gasteiger partial charge < -0.3 is 5.11 Å². The van der Waals surface area contributed by atoms with Crippen molar-refractivity contribution in [3.63, 3.8) is 0 Å². The minimum Gasteiger partial charge on any atom is -0.476 e. The number of hydrogen-bond donors (Lipinski definition) is 1. The molecule has 3 aromatic rings. The van der Waals surface area contributed by atoms with Crippen molar-refractivity contribution in [2.45, 2.75) is 0 Å². The molecule has 0 spiro atoms. The lowest BCUT2D eigenvalue weighted by Crippen LogP contribution is -2.02. The van der Waals surface area contributed by atoms with Crippen molar-refractivity contribution in [1.29, 1.82) is 0 Å². The summed E-state index contributed by atoms with van der Waals surface area (Å²) < 4.78 is 9.55. The zero-order valence-electron chi connectivity index (χ0n) is 9.04. The highest BCUT2D eigenvalue weighted by molar-refractivity contribution is 7.00. The molecule has 0 atom stereocenters. The average molecular weight is 315 g/mol. The molecule has 0 saturated carbocycles. The third-order valence-corrected chi connectivity index (χ3v) is 3.56. The minimum atomic E-state index is -1.11. The van der Waals surface area contributed by atoms with E-state index in [0.717, 1.165) is 11.7 Å². The van der Waals surface area contributed by atoms with Gasteiger partial charge in [0.25, 0.3) is 0 Å². The maximum absolute atomic E-state index is 10.8. The second-order valence-corrected chi connectivity index (χ2v) is 4.94. The van der Waals surface area contributed by atoms with Gasteiger partial charge in [-0.25, -0.2) is 9.48 Å². The lowest BCUT2D eigenvalue weighted by Gasteiger charge is -2.05. The average Bonchev–Trinajstić information content (AvgIpc) is 2.97. The summed E-state index contributed by atoms with van der Waals surface area (Å²) in [6, 6.07) is 2.91. The van der Waals surface area contributed by atoms with Gasteiger partial charge in [0, 0.05) is 6.20 Å². The lowest BCUT2D eigenvalue weighted by atomic mass is 10.2. The molecule has 0 unspecified atom stereocenters. The van der Waals surface area contributed by atoms with Gasteiger partial charge in [0.1, 0.15) is 16.7 Å². The van der Waals surface area contributed by atoms with Gasteiger partial charge in [-0.1, -0.05) is 23.2 Å². The molecule has 0 saturated heterocycles. The number of halogens is 2. The Morgan fingerprint density at radius 2 is 2.00 bits per heavy atom. The number of carboxylic acids is 1. The van der Waals surface area contributed by atoms with Crippen molar-refractivity contribution in [3.8, 4) is 5.69 Å². The molecule has 9 heteroatoms. The molecule has 0 bridgehead atoms. The highest BCUT2D eigenvalue weighted by Gasteiger charge is 2.17. The summed E-state index contributed by atoms with van der Waals surface area (Å²) in [4.78, 5) is 10.8. The normalized spacial score (nSPS) is 11.1. The van der Waals surface area contributed by atoms with Gasteiger partial charge in [0.05, 0.1) is 21.8 Å². The molecule has 2 aromatic heterocycles. The van der Waals surface area contributed by atoms with Gasteiger partial charge in [-0.3, -0.25) is 0 Å². The Balaban J connectivity index is 2.29. The van der Waals surface area contributed by atoms with E-state index in [0.29, 0.717) is 26.8 Å². The number of rotatable bonds is 2. The van der Waals surface area contributed by atoms with Crippen LogP contribution in [-0.2, 0) is 0 Å². The second kappa shape index (κ2) is 4.44. The molecule has 0 aliphatic rings. The molecule has 0 aliphatic carbocycles. The first kappa shape index (κ1) is 12.3. The van der Waals surface area contributed by atoms with Crippen LogP contribution in [0, 0.1) is 0 Å². The number of carboxylic acid groups (broad SMARTS) is 1. The molecule has 0 amide bonds. The van der Waals surface area contributed by atoms with E-state index >= 15 is 0 Å². The van der Waals surface area contributed by atoms with Gasteiger partial charge in [0.2, 0.25) is 0 Å². The van der Waals surface area contributed by atoms with Crippen LogP contribution in [0.4, 0.5) is 0 Å². The Morgan fingerprint density at radius 1 is 1.26 bits per heavy atom. The van der Waals surface area contributed by atoms with E-state index in [2.05, 4.69) is 13.8 Å². The zero-order valence-corrected chi connectivity index (χ0v) is 11.4. The van der Waals surface area contributed by atoms with E-state index in [1.807, 2.05) is 0 Å². The summed E-state index contributed by atoms with van der Waals surface area (Å²) in [5, 5.41) is 13.5. The van der Waals surface area contributed by atoms with E-state index in [-0.39, 0.29) is 5.69 Å². The van der Waals surface area contributed by atoms with Crippen molar-refractivity contribution >= 4 is 51.9 Å². The third-order valence-electron chi connectivity index (χ3n) is 2.46. The maximum Gasteiger partial charge on any atom is 0.356 e. The molecule has 0 fully saturated rings. The van der Waals surface area contributed by atoms with Gasteiger partial charge in [0.15, 0.2) is 5.69 Å². The van der Waals surface area contributed by atoms with Crippen LogP contribution in [0.15, 0.2) is 18.3 Å². The summed E-state index contributed by atoms with van der Waals surface area (Å²) >= 11 is 13.1. The predicted octanol–water partition coefficient (Wildman–Crippen LogP) is 2.88. The van der Waals surface area contributed by atoms with Crippen molar-refractivity contribution in [3.05, 3.63) is 34.1 Å². The van der Waals surface area contributed by atoms with Crippen LogP contribution in [0.3, 0.4) is 0 Å².